The summed E-state index contributed by atoms with van der Waals surface area (Å²) in [5.74, 6) is 0. The molecule has 146 valence electrons. The zero-order chi connectivity index (χ0) is 19.6. The van der Waals surface area contributed by atoms with Crippen LogP contribution in [0.15, 0.2) is 30.5 Å². The fourth-order valence-corrected chi connectivity index (χ4v) is 3.02. The summed E-state index contributed by atoms with van der Waals surface area (Å²) in [5.41, 5.74) is 1.06. The van der Waals surface area contributed by atoms with Crippen LogP contribution in [-0.4, -0.2) is 56.5 Å². The third kappa shape index (κ3) is 5.10. The van der Waals surface area contributed by atoms with E-state index in [-0.39, 0.29) is 18.8 Å². The van der Waals surface area contributed by atoms with E-state index in [1.807, 2.05) is 0 Å². The number of amides is 1. The zero-order valence-corrected chi connectivity index (χ0v) is 14.7. The van der Waals surface area contributed by atoms with Gasteiger partial charge in [0, 0.05) is 5.02 Å². The highest BCUT2D eigenvalue weighted by atomic mass is 35.5. The lowest BCUT2D eigenvalue weighted by Gasteiger charge is -2.37. The number of hydrogen-bond donors (Lipinski definition) is 1. The van der Waals surface area contributed by atoms with Gasteiger partial charge in [-0.25, -0.2) is 9.48 Å². The molecule has 1 amide bonds. The second-order valence-corrected chi connectivity index (χ2v) is 6.63. The van der Waals surface area contributed by atoms with Crippen molar-refractivity contribution in [3.8, 4) is 0 Å². The summed E-state index contributed by atoms with van der Waals surface area (Å²) < 4.78 is 43.6. The molecule has 0 unspecified atom stereocenters. The molecule has 0 spiro atoms. The standard InChI is InChI=1S/C16H16ClF3N4O3/c17-11-3-1-10(2-4-11)5-12-8-27-14(7-24(12)15(25)26)13-6-23(22-21-13)9-16(18,19)20/h1-4,6,12,14H,5,7-9H2,(H,25,26)/t12-,14+/m0/s1. The molecule has 2 heterocycles. The van der Waals surface area contributed by atoms with Crippen LogP contribution in [0.1, 0.15) is 17.4 Å². The van der Waals surface area contributed by atoms with Crippen LogP contribution in [-0.2, 0) is 17.7 Å². The van der Waals surface area contributed by atoms with Gasteiger partial charge >= 0.3 is 12.3 Å². The van der Waals surface area contributed by atoms with Crippen molar-refractivity contribution < 1.29 is 27.8 Å². The fourth-order valence-electron chi connectivity index (χ4n) is 2.89. The minimum atomic E-state index is -4.42. The maximum atomic E-state index is 12.4. The van der Waals surface area contributed by atoms with E-state index in [1.54, 1.807) is 24.3 Å². The van der Waals surface area contributed by atoms with Crippen LogP contribution in [0.2, 0.25) is 5.02 Å². The minimum absolute atomic E-state index is 0.0434. The van der Waals surface area contributed by atoms with Crippen molar-refractivity contribution in [3.05, 3.63) is 46.7 Å². The summed E-state index contributed by atoms with van der Waals surface area (Å²) in [7, 11) is 0. The monoisotopic (exact) mass is 404 g/mol. The Labute approximate surface area is 157 Å². The van der Waals surface area contributed by atoms with Gasteiger partial charge in [0.2, 0.25) is 0 Å². The Balaban J connectivity index is 1.68. The molecule has 2 aromatic rings. The first-order chi connectivity index (χ1) is 12.7. The van der Waals surface area contributed by atoms with Crippen molar-refractivity contribution in [2.24, 2.45) is 0 Å². The molecule has 0 bridgehead atoms. The third-order valence-corrected chi connectivity index (χ3v) is 4.40. The van der Waals surface area contributed by atoms with Crippen molar-refractivity contribution in [1.82, 2.24) is 19.9 Å². The van der Waals surface area contributed by atoms with Crippen LogP contribution in [0.5, 0.6) is 0 Å². The molecule has 3 rings (SSSR count). The Kier molecular flexibility index (Phi) is 5.56. The van der Waals surface area contributed by atoms with Crippen LogP contribution in [0.25, 0.3) is 0 Å². The Hall–Kier alpha value is -2.33. The quantitative estimate of drug-likeness (QED) is 0.846. The molecule has 0 radical (unpaired) electrons. The van der Waals surface area contributed by atoms with Gasteiger partial charge in [0.15, 0.2) is 0 Å². The number of carbonyl (C=O) groups is 1. The van der Waals surface area contributed by atoms with Crippen molar-refractivity contribution in [2.45, 2.75) is 31.3 Å². The number of rotatable bonds is 4. The highest BCUT2D eigenvalue weighted by Gasteiger charge is 2.35. The third-order valence-electron chi connectivity index (χ3n) is 4.15. The fraction of sp³-hybridized carbons (Fsp3) is 0.438. The van der Waals surface area contributed by atoms with Gasteiger partial charge in [-0.3, -0.25) is 4.90 Å². The second-order valence-electron chi connectivity index (χ2n) is 6.20. The summed E-state index contributed by atoms with van der Waals surface area (Å²) in [4.78, 5) is 12.9. The first-order valence-corrected chi connectivity index (χ1v) is 8.41. The molecule has 0 aliphatic carbocycles. The number of nitrogens with zero attached hydrogens (tertiary/aromatic N) is 4. The molecule has 1 saturated heterocycles. The topological polar surface area (TPSA) is 80.5 Å². The van der Waals surface area contributed by atoms with E-state index in [4.69, 9.17) is 16.3 Å². The Morgan fingerprint density at radius 2 is 2.04 bits per heavy atom. The number of alkyl halides is 3. The van der Waals surface area contributed by atoms with Gasteiger partial charge < -0.3 is 9.84 Å². The molecular formula is C16H16ClF3N4O3. The van der Waals surface area contributed by atoms with Crippen LogP contribution >= 0.6 is 11.6 Å². The first kappa shape index (κ1) is 19.4. The van der Waals surface area contributed by atoms with Crippen LogP contribution < -0.4 is 0 Å². The molecule has 7 nitrogen and oxygen atoms in total. The summed E-state index contributed by atoms with van der Waals surface area (Å²) in [6.07, 6.45) is -4.78. The lowest BCUT2D eigenvalue weighted by molar-refractivity contribution is -0.142. The number of morpholine rings is 1. The summed E-state index contributed by atoms with van der Waals surface area (Å²) in [6, 6.07) is 6.61. The SMILES string of the molecule is O=C(O)N1C[C@H](c2cn(CC(F)(F)F)nn2)OC[C@@H]1Cc1ccc(Cl)cc1. The van der Waals surface area contributed by atoms with E-state index >= 15 is 0 Å². The van der Waals surface area contributed by atoms with E-state index in [1.165, 1.54) is 4.90 Å². The number of halogens is 4. The number of carboxylic acid groups (broad SMARTS) is 1. The predicted octanol–water partition coefficient (Wildman–Crippen LogP) is 3.16. The molecular weight excluding hydrogens is 389 g/mol. The van der Waals surface area contributed by atoms with Gasteiger partial charge in [0.05, 0.1) is 25.4 Å². The Bertz CT molecular complexity index is 797. The van der Waals surface area contributed by atoms with E-state index < -0.39 is 31.0 Å². The first-order valence-electron chi connectivity index (χ1n) is 8.03. The van der Waals surface area contributed by atoms with Crippen LogP contribution in [0.4, 0.5) is 18.0 Å². The van der Waals surface area contributed by atoms with Gasteiger partial charge in [-0.05, 0) is 24.1 Å². The predicted molar refractivity (Wildman–Crippen MR) is 88.4 cm³/mol. The zero-order valence-electron chi connectivity index (χ0n) is 13.9. The molecule has 1 aliphatic rings. The van der Waals surface area contributed by atoms with E-state index in [0.717, 1.165) is 11.8 Å². The average Bonchev–Trinajstić information content (AvgIpc) is 3.03. The minimum Gasteiger partial charge on any atom is -0.465 e. The van der Waals surface area contributed by atoms with E-state index in [2.05, 4.69) is 10.3 Å². The smallest absolute Gasteiger partial charge is 0.408 e. The van der Waals surface area contributed by atoms with E-state index in [0.29, 0.717) is 16.1 Å². The van der Waals surface area contributed by atoms with E-state index in [9.17, 15) is 23.1 Å². The molecule has 1 aromatic heterocycles. The van der Waals surface area contributed by atoms with Gasteiger partial charge in [0.1, 0.15) is 18.3 Å². The van der Waals surface area contributed by atoms with Gasteiger partial charge in [0.25, 0.3) is 0 Å². The summed E-state index contributed by atoms with van der Waals surface area (Å²) >= 11 is 5.85. The number of aromatic nitrogens is 3. The molecule has 1 aliphatic heterocycles. The second kappa shape index (κ2) is 7.73. The molecule has 1 N–H and O–H groups in total. The van der Waals surface area contributed by atoms with Gasteiger partial charge in [-0.1, -0.05) is 28.9 Å². The van der Waals surface area contributed by atoms with Crippen molar-refractivity contribution >= 4 is 17.7 Å². The highest BCUT2D eigenvalue weighted by molar-refractivity contribution is 6.30. The molecule has 1 fully saturated rings. The number of hydrogen-bond acceptors (Lipinski definition) is 4. The maximum Gasteiger partial charge on any atom is 0.408 e. The molecule has 0 saturated carbocycles. The van der Waals surface area contributed by atoms with Crippen molar-refractivity contribution in [2.75, 3.05) is 13.2 Å². The Morgan fingerprint density at radius 3 is 2.67 bits per heavy atom. The van der Waals surface area contributed by atoms with Crippen molar-refractivity contribution in [1.29, 1.82) is 0 Å². The van der Waals surface area contributed by atoms with Gasteiger partial charge in [-0.2, -0.15) is 13.2 Å². The Morgan fingerprint density at radius 1 is 1.33 bits per heavy atom. The van der Waals surface area contributed by atoms with Crippen molar-refractivity contribution in [3.63, 3.8) is 0 Å². The number of ether oxygens (including phenoxy) is 1. The lowest BCUT2D eigenvalue weighted by Crippen LogP contribution is -2.50. The molecule has 11 heteroatoms. The summed E-state index contributed by atoms with van der Waals surface area (Å²) in [5, 5.41) is 17.2. The molecule has 1 aromatic carbocycles. The highest BCUT2D eigenvalue weighted by Crippen LogP contribution is 2.26. The lowest BCUT2D eigenvalue weighted by atomic mass is 10.0. The van der Waals surface area contributed by atoms with Crippen LogP contribution in [0.3, 0.4) is 0 Å². The average molecular weight is 405 g/mol. The maximum absolute atomic E-state index is 12.4. The number of benzene rings is 1. The summed E-state index contributed by atoms with van der Waals surface area (Å²) in [6.45, 7) is -1.22. The molecule has 2 atom stereocenters. The van der Waals surface area contributed by atoms with Gasteiger partial charge in [-0.15, -0.1) is 5.10 Å². The van der Waals surface area contributed by atoms with Crippen LogP contribution in [0, 0.1) is 0 Å². The normalized spacial score (nSPS) is 20.7. The largest absolute Gasteiger partial charge is 0.465 e. The molecule has 27 heavy (non-hydrogen) atoms.